The average Bonchev–Trinajstić information content (AvgIpc) is 2.68. The van der Waals surface area contributed by atoms with Crippen LogP contribution in [-0.4, -0.2) is 24.4 Å². The van der Waals surface area contributed by atoms with E-state index in [2.05, 4.69) is 4.74 Å². The first kappa shape index (κ1) is 10.5. The van der Waals surface area contributed by atoms with E-state index in [0.29, 0.717) is 0 Å². The monoisotopic (exact) mass is 197 g/mol. The topological polar surface area (TPSA) is 82.5 Å². The molecule has 0 aliphatic heterocycles. The molecule has 1 rings (SSSR count). The van der Waals surface area contributed by atoms with Crippen molar-refractivity contribution < 1.29 is 18.7 Å². The SMILES string of the molecule is CCOC(=O)[C@H](N)C(=O)c1ccco1. The largest absolute Gasteiger partial charge is 0.464 e. The molecular formula is C9H11NO4. The molecule has 0 saturated carbocycles. The first-order chi connectivity index (χ1) is 6.66. The van der Waals surface area contributed by atoms with Crippen molar-refractivity contribution in [2.75, 3.05) is 6.61 Å². The van der Waals surface area contributed by atoms with Crippen LogP contribution in [0, 0.1) is 0 Å². The van der Waals surface area contributed by atoms with E-state index in [0.717, 1.165) is 0 Å². The summed E-state index contributed by atoms with van der Waals surface area (Å²) in [6.45, 7) is 1.83. The summed E-state index contributed by atoms with van der Waals surface area (Å²) in [5.74, 6) is -1.26. The van der Waals surface area contributed by atoms with Gasteiger partial charge in [0, 0.05) is 0 Å². The Bertz CT molecular complexity index is 318. The molecule has 1 aromatic heterocycles. The Labute approximate surface area is 80.8 Å². The summed E-state index contributed by atoms with van der Waals surface area (Å²) in [4.78, 5) is 22.5. The summed E-state index contributed by atoms with van der Waals surface area (Å²) in [7, 11) is 0. The Balaban J connectivity index is 2.66. The Hall–Kier alpha value is -1.62. The highest BCUT2D eigenvalue weighted by atomic mass is 16.5. The van der Waals surface area contributed by atoms with Gasteiger partial charge in [0.2, 0.25) is 5.78 Å². The predicted molar refractivity (Wildman–Crippen MR) is 47.6 cm³/mol. The van der Waals surface area contributed by atoms with Crippen molar-refractivity contribution in [3.8, 4) is 0 Å². The second-order valence-corrected chi connectivity index (χ2v) is 2.57. The molecule has 0 saturated heterocycles. The third-order valence-electron chi connectivity index (χ3n) is 1.59. The maximum Gasteiger partial charge on any atom is 0.331 e. The molecule has 1 heterocycles. The highest BCUT2D eigenvalue weighted by Gasteiger charge is 2.26. The van der Waals surface area contributed by atoms with E-state index in [1.807, 2.05) is 0 Å². The van der Waals surface area contributed by atoms with Crippen LogP contribution < -0.4 is 5.73 Å². The average molecular weight is 197 g/mol. The Kier molecular flexibility index (Phi) is 3.41. The summed E-state index contributed by atoms with van der Waals surface area (Å²) in [5, 5.41) is 0. The molecular weight excluding hydrogens is 186 g/mol. The fraction of sp³-hybridized carbons (Fsp3) is 0.333. The Morgan fingerprint density at radius 1 is 1.64 bits per heavy atom. The number of carbonyl (C=O) groups excluding carboxylic acids is 2. The van der Waals surface area contributed by atoms with Gasteiger partial charge in [-0.1, -0.05) is 0 Å². The van der Waals surface area contributed by atoms with Crippen LogP contribution in [0.3, 0.4) is 0 Å². The van der Waals surface area contributed by atoms with Crippen molar-refractivity contribution >= 4 is 11.8 Å². The number of rotatable bonds is 4. The zero-order valence-electron chi connectivity index (χ0n) is 7.73. The standard InChI is InChI=1S/C9H11NO4/c1-2-13-9(12)7(10)8(11)6-4-3-5-14-6/h3-5,7H,2,10H2,1H3/t7-/m1/s1. The summed E-state index contributed by atoms with van der Waals surface area (Å²) < 4.78 is 9.40. The third kappa shape index (κ3) is 2.20. The molecule has 1 aromatic rings. The molecule has 0 aliphatic carbocycles. The van der Waals surface area contributed by atoms with Gasteiger partial charge >= 0.3 is 5.97 Å². The minimum absolute atomic E-state index is 0.0607. The highest BCUT2D eigenvalue weighted by Crippen LogP contribution is 2.04. The Morgan fingerprint density at radius 2 is 2.36 bits per heavy atom. The number of hydrogen-bond donors (Lipinski definition) is 1. The van der Waals surface area contributed by atoms with E-state index >= 15 is 0 Å². The molecule has 5 heteroatoms. The lowest BCUT2D eigenvalue weighted by Crippen LogP contribution is -2.39. The molecule has 0 amide bonds. The number of Topliss-reactive ketones (excluding diaryl/α,β-unsaturated/α-hetero) is 1. The number of carbonyl (C=O) groups is 2. The second kappa shape index (κ2) is 4.57. The van der Waals surface area contributed by atoms with Gasteiger partial charge in [-0.15, -0.1) is 0 Å². The molecule has 14 heavy (non-hydrogen) atoms. The normalized spacial score (nSPS) is 12.1. The summed E-state index contributed by atoms with van der Waals surface area (Å²) in [6.07, 6.45) is 1.34. The van der Waals surface area contributed by atoms with E-state index in [9.17, 15) is 9.59 Å². The van der Waals surface area contributed by atoms with Crippen LogP contribution >= 0.6 is 0 Å². The maximum absolute atomic E-state index is 11.4. The van der Waals surface area contributed by atoms with Gasteiger partial charge in [0.15, 0.2) is 11.8 Å². The van der Waals surface area contributed by atoms with Crippen molar-refractivity contribution in [3.05, 3.63) is 24.2 Å². The van der Waals surface area contributed by atoms with Gasteiger partial charge in [-0.25, -0.2) is 4.79 Å². The van der Waals surface area contributed by atoms with Crippen LogP contribution in [0.1, 0.15) is 17.5 Å². The second-order valence-electron chi connectivity index (χ2n) is 2.57. The van der Waals surface area contributed by atoms with Crippen molar-refractivity contribution in [2.24, 2.45) is 5.73 Å². The van der Waals surface area contributed by atoms with E-state index < -0.39 is 17.8 Å². The zero-order chi connectivity index (χ0) is 10.6. The van der Waals surface area contributed by atoms with Gasteiger partial charge in [-0.3, -0.25) is 4.79 Å². The first-order valence-electron chi connectivity index (χ1n) is 4.16. The lowest BCUT2D eigenvalue weighted by atomic mass is 10.1. The van der Waals surface area contributed by atoms with Gasteiger partial charge in [-0.2, -0.15) is 0 Å². The smallest absolute Gasteiger partial charge is 0.331 e. The molecule has 0 aromatic carbocycles. The van der Waals surface area contributed by atoms with Crippen LogP contribution in [0.4, 0.5) is 0 Å². The van der Waals surface area contributed by atoms with E-state index in [1.165, 1.54) is 12.3 Å². The third-order valence-corrected chi connectivity index (χ3v) is 1.59. The van der Waals surface area contributed by atoms with E-state index in [-0.39, 0.29) is 12.4 Å². The van der Waals surface area contributed by atoms with Crippen LogP contribution in [0.15, 0.2) is 22.8 Å². The number of furan rings is 1. The molecule has 0 unspecified atom stereocenters. The lowest BCUT2D eigenvalue weighted by molar-refractivity contribution is -0.143. The molecule has 1 atom stereocenters. The summed E-state index contributed by atoms with van der Waals surface area (Å²) in [5.41, 5.74) is 5.35. The number of ketones is 1. The molecule has 0 bridgehead atoms. The fourth-order valence-corrected chi connectivity index (χ4v) is 0.911. The van der Waals surface area contributed by atoms with Crippen LogP contribution in [-0.2, 0) is 9.53 Å². The van der Waals surface area contributed by atoms with Crippen molar-refractivity contribution in [1.82, 2.24) is 0 Å². The number of esters is 1. The minimum Gasteiger partial charge on any atom is -0.464 e. The maximum atomic E-state index is 11.4. The van der Waals surface area contributed by atoms with Gasteiger partial charge < -0.3 is 14.9 Å². The van der Waals surface area contributed by atoms with Gasteiger partial charge in [-0.05, 0) is 19.1 Å². The van der Waals surface area contributed by atoms with E-state index in [1.54, 1.807) is 13.0 Å². The predicted octanol–water partition coefficient (Wildman–Crippen LogP) is 0.353. The van der Waals surface area contributed by atoms with Gasteiger partial charge in [0.05, 0.1) is 12.9 Å². The highest BCUT2D eigenvalue weighted by molar-refractivity contribution is 6.10. The summed E-state index contributed by atoms with van der Waals surface area (Å²) in [6, 6.07) is 1.69. The number of nitrogens with two attached hydrogens (primary N) is 1. The van der Waals surface area contributed by atoms with Gasteiger partial charge in [0.1, 0.15) is 0 Å². The number of ether oxygens (including phenoxy) is 1. The van der Waals surface area contributed by atoms with E-state index in [4.69, 9.17) is 10.2 Å². The summed E-state index contributed by atoms with van der Waals surface area (Å²) >= 11 is 0. The molecule has 0 aliphatic rings. The lowest BCUT2D eigenvalue weighted by Gasteiger charge is -2.07. The molecule has 0 spiro atoms. The van der Waals surface area contributed by atoms with Crippen molar-refractivity contribution in [3.63, 3.8) is 0 Å². The molecule has 5 nitrogen and oxygen atoms in total. The molecule has 0 fully saturated rings. The zero-order valence-corrected chi connectivity index (χ0v) is 7.73. The van der Waals surface area contributed by atoms with Crippen LogP contribution in [0.25, 0.3) is 0 Å². The van der Waals surface area contributed by atoms with Crippen LogP contribution in [0.2, 0.25) is 0 Å². The molecule has 0 radical (unpaired) electrons. The molecule has 2 N–H and O–H groups in total. The number of hydrogen-bond acceptors (Lipinski definition) is 5. The quantitative estimate of drug-likeness (QED) is 0.428. The first-order valence-corrected chi connectivity index (χ1v) is 4.16. The van der Waals surface area contributed by atoms with Crippen molar-refractivity contribution in [2.45, 2.75) is 13.0 Å². The minimum atomic E-state index is -1.30. The van der Waals surface area contributed by atoms with Crippen molar-refractivity contribution in [1.29, 1.82) is 0 Å². The molecule has 76 valence electrons. The van der Waals surface area contributed by atoms with Crippen LogP contribution in [0.5, 0.6) is 0 Å². The Morgan fingerprint density at radius 3 is 2.86 bits per heavy atom. The fourth-order valence-electron chi connectivity index (χ4n) is 0.911. The van der Waals surface area contributed by atoms with Gasteiger partial charge in [0.25, 0.3) is 0 Å².